The van der Waals surface area contributed by atoms with E-state index < -0.39 is 5.82 Å². The van der Waals surface area contributed by atoms with Gasteiger partial charge in [0.1, 0.15) is 5.82 Å². The highest BCUT2D eigenvalue weighted by Crippen LogP contribution is 2.35. The SMILES string of the molecule is CC(C)N(C(=O)c1cc(F)ccc1-n1cc(C(=O)C2CCN(C(=O)C3NC4CCC3CC4)CC2)c2ccncc21)C(C)C. The van der Waals surface area contributed by atoms with Crippen LogP contribution in [0.15, 0.2) is 42.9 Å². The Balaban J connectivity index is 1.26. The number of hydrogen-bond donors (Lipinski definition) is 1. The molecule has 7 rings (SSSR count). The average molecular weight is 588 g/mol. The molecular formula is C34H42FN5O3. The molecule has 1 unspecified atom stereocenters. The number of benzene rings is 1. The van der Waals surface area contributed by atoms with E-state index in [1.165, 1.54) is 12.1 Å². The number of piperidine rings is 3. The molecule has 0 radical (unpaired) electrons. The van der Waals surface area contributed by atoms with E-state index in [0.717, 1.165) is 31.1 Å². The molecule has 1 aromatic carbocycles. The van der Waals surface area contributed by atoms with Gasteiger partial charge in [-0.3, -0.25) is 19.4 Å². The summed E-state index contributed by atoms with van der Waals surface area (Å²) in [6, 6.07) is 6.25. The number of nitrogens with one attached hydrogen (secondary N) is 1. The molecule has 2 bridgehead atoms. The van der Waals surface area contributed by atoms with Crippen molar-refractivity contribution in [1.29, 1.82) is 0 Å². The van der Waals surface area contributed by atoms with Gasteiger partial charge >= 0.3 is 0 Å². The highest BCUT2D eigenvalue weighted by atomic mass is 19.1. The molecule has 3 saturated heterocycles. The van der Waals surface area contributed by atoms with Gasteiger partial charge in [0, 0.05) is 60.5 Å². The molecule has 1 aliphatic carbocycles. The molecule has 5 heterocycles. The summed E-state index contributed by atoms with van der Waals surface area (Å²) in [4.78, 5) is 49.1. The monoisotopic (exact) mass is 587 g/mol. The van der Waals surface area contributed by atoms with Crippen LogP contribution in [-0.4, -0.2) is 74.2 Å². The summed E-state index contributed by atoms with van der Waals surface area (Å²) in [6.07, 6.45) is 10.9. The van der Waals surface area contributed by atoms with Crippen molar-refractivity contribution >= 4 is 28.5 Å². The second kappa shape index (κ2) is 11.8. The van der Waals surface area contributed by atoms with Gasteiger partial charge in [-0.25, -0.2) is 4.39 Å². The van der Waals surface area contributed by atoms with Crippen LogP contribution in [0.3, 0.4) is 0 Å². The number of ketones is 1. The largest absolute Gasteiger partial charge is 0.341 e. The molecule has 1 N–H and O–H groups in total. The zero-order valence-electron chi connectivity index (χ0n) is 25.6. The smallest absolute Gasteiger partial charge is 0.256 e. The summed E-state index contributed by atoms with van der Waals surface area (Å²) < 4.78 is 16.3. The number of amides is 2. The first-order chi connectivity index (χ1) is 20.6. The van der Waals surface area contributed by atoms with Gasteiger partial charge in [0.15, 0.2) is 5.78 Å². The maximum Gasteiger partial charge on any atom is 0.256 e. The Hall–Kier alpha value is -3.59. The molecule has 0 spiro atoms. The topological polar surface area (TPSA) is 87.5 Å². The third-order valence-electron chi connectivity index (χ3n) is 9.77. The molecule has 4 fully saturated rings. The van der Waals surface area contributed by atoms with Gasteiger partial charge in [0.25, 0.3) is 5.91 Å². The molecule has 3 aliphatic heterocycles. The van der Waals surface area contributed by atoms with Crippen molar-refractivity contribution in [3.63, 3.8) is 0 Å². The third kappa shape index (κ3) is 5.48. The van der Waals surface area contributed by atoms with E-state index >= 15 is 0 Å². The van der Waals surface area contributed by atoms with Crippen LogP contribution in [-0.2, 0) is 4.79 Å². The summed E-state index contributed by atoms with van der Waals surface area (Å²) in [6.45, 7) is 8.91. The number of Topliss-reactive ketones (excluding diaryl/α,β-unsaturated/α-hetero) is 1. The zero-order chi connectivity index (χ0) is 30.4. The Kier molecular flexibility index (Phi) is 8.11. The van der Waals surface area contributed by atoms with Crippen molar-refractivity contribution < 1.29 is 18.8 Å². The number of pyridine rings is 1. The highest BCUT2D eigenvalue weighted by molar-refractivity contribution is 6.10. The summed E-state index contributed by atoms with van der Waals surface area (Å²) in [5.74, 6) is -0.336. The molecule has 1 atom stereocenters. The molecular weight excluding hydrogens is 545 g/mol. The van der Waals surface area contributed by atoms with Crippen molar-refractivity contribution in [2.45, 2.75) is 90.4 Å². The standard InChI is InChI=1S/C34H42FN5O3/c1-20(2)40(21(3)4)33(42)27-17-24(35)7-10-29(27)39-19-28(26-11-14-36-18-30(26)39)32(41)23-12-15-38(16-13-23)34(43)31-22-5-8-25(37-31)9-6-22/h7,10-11,14,17-23,25,31,37H,5-6,8-9,12-13,15-16H2,1-4H3. The quantitative estimate of drug-likeness (QED) is 0.376. The zero-order valence-corrected chi connectivity index (χ0v) is 25.6. The molecule has 2 amide bonds. The van der Waals surface area contributed by atoms with Gasteiger partial charge in [-0.05, 0) is 96.4 Å². The minimum Gasteiger partial charge on any atom is -0.341 e. The predicted octanol–water partition coefficient (Wildman–Crippen LogP) is 5.38. The minimum atomic E-state index is -0.497. The number of nitrogens with zero attached hydrogens (tertiary/aromatic N) is 4. The van der Waals surface area contributed by atoms with Crippen molar-refractivity contribution in [3.05, 3.63) is 59.8 Å². The van der Waals surface area contributed by atoms with Crippen molar-refractivity contribution in [2.75, 3.05) is 13.1 Å². The number of aromatic nitrogens is 2. The van der Waals surface area contributed by atoms with Crippen LogP contribution in [0.2, 0.25) is 0 Å². The number of likely N-dealkylation sites (tertiary alicyclic amines) is 1. The number of rotatable bonds is 7. The minimum absolute atomic E-state index is 0.0258. The molecule has 2 aromatic heterocycles. The molecule has 228 valence electrons. The lowest BCUT2D eigenvalue weighted by atomic mass is 9.75. The summed E-state index contributed by atoms with van der Waals surface area (Å²) in [5.41, 5.74) is 1.97. The molecule has 1 saturated carbocycles. The number of halogens is 1. The first-order valence-electron chi connectivity index (χ1n) is 15.8. The van der Waals surface area contributed by atoms with Gasteiger partial charge in [0.2, 0.25) is 5.91 Å². The summed E-state index contributed by atoms with van der Waals surface area (Å²) >= 11 is 0. The van der Waals surface area contributed by atoms with E-state index in [1.807, 2.05) is 38.7 Å². The Morgan fingerprint density at radius 3 is 2.28 bits per heavy atom. The molecule has 8 nitrogen and oxygen atoms in total. The van der Waals surface area contributed by atoms with Crippen LogP contribution in [0.5, 0.6) is 0 Å². The lowest BCUT2D eigenvalue weighted by Gasteiger charge is -2.45. The van der Waals surface area contributed by atoms with Crippen molar-refractivity contribution in [3.8, 4) is 5.69 Å². The Labute approximate surface area is 252 Å². The number of carbonyl (C=O) groups excluding carboxylic acids is 3. The fourth-order valence-corrected chi connectivity index (χ4v) is 7.62. The second-order valence-corrected chi connectivity index (χ2v) is 13.1. The van der Waals surface area contributed by atoms with Gasteiger partial charge in [-0.15, -0.1) is 0 Å². The molecule has 3 aromatic rings. The van der Waals surface area contributed by atoms with Gasteiger partial charge < -0.3 is 19.7 Å². The van der Waals surface area contributed by atoms with Crippen LogP contribution in [0, 0.1) is 17.7 Å². The second-order valence-electron chi connectivity index (χ2n) is 13.1. The van der Waals surface area contributed by atoms with E-state index in [4.69, 9.17) is 0 Å². The number of hydrogen-bond acceptors (Lipinski definition) is 5. The predicted molar refractivity (Wildman–Crippen MR) is 164 cm³/mol. The third-order valence-corrected chi connectivity index (χ3v) is 9.77. The average Bonchev–Trinajstić information content (AvgIpc) is 3.40. The van der Waals surface area contributed by atoms with E-state index in [0.29, 0.717) is 54.7 Å². The fraction of sp³-hybridized carbons (Fsp3) is 0.529. The van der Waals surface area contributed by atoms with E-state index in [1.54, 1.807) is 34.1 Å². The van der Waals surface area contributed by atoms with Crippen LogP contribution in [0.4, 0.5) is 4.39 Å². The maximum atomic E-state index is 14.6. The van der Waals surface area contributed by atoms with E-state index in [2.05, 4.69) is 10.3 Å². The first kappa shape index (κ1) is 29.5. The van der Waals surface area contributed by atoms with Crippen molar-refractivity contribution in [2.24, 2.45) is 11.8 Å². The summed E-state index contributed by atoms with van der Waals surface area (Å²) in [5, 5.41) is 4.31. The van der Waals surface area contributed by atoms with Crippen LogP contribution >= 0.6 is 0 Å². The number of fused-ring (bicyclic) bond motifs is 4. The first-order valence-corrected chi connectivity index (χ1v) is 15.8. The van der Waals surface area contributed by atoms with Crippen LogP contribution in [0.25, 0.3) is 16.6 Å². The molecule has 43 heavy (non-hydrogen) atoms. The summed E-state index contributed by atoms with van der Waals surface area (Å²) in [7, 11) is 0. The molecule has 4 aliphatic rings. The van der Waals surface area contributed by atoms with Gasteiger partial charge in [0.05, 0.1) is 29.0 Å². The lowest BCUT2D eigenvalue weighted by molar-refractivity contribution is -0.138. The Morgan fingerprint density at radius 1 is 0.953 bits per heavy atom. The lowest BCUT2D eigenvalue weighted by Crippen LogP contribution is -2.60. The fourth-order valence-electron chi connectivity index (χ4n) is 7.62. The highest BCUT2D eigenvalue weighted by Gasteiger charge is 2.41. The van der Waals surface area contributed by atoms with E-state index in [-0.39, 0.29) is 47.2 Å². The maximum absolute atomic E-state index is 14.6. The molecule has 9 heteroatoms. The van der Waals surface area contributed by atoms with Crippen LogP contribution < -0.4 is 5.32 Å². The number of carbonyl (C=O) groups is 3. The Bertz CT molecular complexity index is 1520. The van der Waals surface area contributed by atoms with E-state index in [9.17, 15) is 18.8 Å². The van der Waals surface area contributed by atoms with Crippen LogP contribution in [0.1, 0.15) is 86.9 Å². The van der Waals surface area contributed by atoms with Gasteiger partial charge in [-0.1, -0.05) is 0 Å². The van der Waals surface area contributed by atoms with Gasteiger partial charge in [-0.2, -0.15) is 0 Å². The normalized spacial score (nSPS) is 22.5. The van der Waals surface area contributed by atoms with Crippen molar-refractivity contribution in [1.82, 2.24) is 24.7 Å². The Morgan fingerprint density at radius 2 is 1.65 bits per heavy atom.